The van der Waals surface area contributed by atoms with Gasteiger partial charge < -0.3 is 10.1 Å². The van der Waals surface area contributed by atoms with Crippen LogP contribution in [-0.4, -0.2) is 21.7 Å². The lowest BCUT2D eigenvalue weighted by atomic mass is 10.4. The number of hydrogen-bond acceptors (Lipinski definition) is 5. The van der Waals surface area contributed by atoms with Gasteiger partial charge >= 0.3 is 0 Å². The SMILES string of the molecule is CCNCc1ccc(Oc2cncc(Cl)c2)nn1. The highest BCUT2D eigenvalue weighted by Gasteiger charge is 2.01. The minimum absolute atomic E-state index is 0.416. The summed E-state index contributed by atoms with van der Waals surface area (Å²) in [5.74, 6) is 0.954. The molecule has 2 rings (SSSR count). The van der Waals surface area contributed by atoms with Crippen molar-refractivity contribution < 1.29 is 4.74 Å². The average Bonchev–Trinajstić information content (AvgIpc) is 2.38. The Kier molecular flexibility index (Phi) is 4.44. The van der Waals surface area contributed by atoms with Crippen LogP contribution in [0, 0.1) is 0 Å². The van der Waals surface area contributed by atoms with Gasteiger partial charge in [-0.3, -0.25) is 4.98 Å². The Bertz CT molecular complexity index is 504. The molecule has 0 aliphatic heterocycles. The van der Waals surface area contributed by atoms with E-state index in [-0.39, 0.29) is 0 Å². The second kappa shape index (κ2) is 6.28. The molecule has 18 heavy (non-hydrogen) atoms. The highest BCUT2D eigenvalue weighted by Crippen LogP contribution is 2.20. The number of rotatable bonds is 5. The molecule has 0 aliphatic rings. The first-order valence-electron chi connectivity index (χ1n) is 5.59. The van der Waals surface area contributed by atoms with E-state index >= 15 is 0 Å². The summed E-state index contributed by atoms with van der Waals surface area (Å²) in [6.07, 6.45) is 3.11. The molecule has 94 valence electrons. The van der Waals surface area contributed by atoms with Gasteiger partial charge in [0.2, 0.25) is 5.88 Å². The zero-order chi connectivity index (χ0) is 12.8. The molecule has 0 saturated carbocycles. The van der Waals surface area contributed by atoms with Crippen molar-refractivity contribution in [1.82, 2.24) is 20.5 Å². The van der Waals surface area contributed by atoms with Gasteiger partial charge in [-0.05, 0) is 12.6 Å². The van der Waals surface area contributed by atoms with Gasteiger partial charge in [-0.2, -0.15) is 5.10 Å². The van der Waals surface area contributed by atoms with Gasteiger partial charge in [-0.25, -0.2) is 0 Å². The van der Waals surface area contributed by atoms with E-state index in [1.54, 1.807) is 24.5 Å². The molecular formula is C12H13ClN4O. The third-order valence-electron chi connectivity index (χ3n) is 2.15. The molecule has 2 aromatic rings. The Balaban J connectivity index is 2.02. The van der Waals surface area contributed by atoms with Crippen LogP contribution >= 0.6 is 11.6 Å². The number of nitrogens with one attached hydrogen (secondary N) is 1. The quantitative estimate of drug-likeness (QED) is 0.899. The van der Waals surface area contributed by atoms with E-state index in [4.69, 9.17) is 16.3 Å². The molecule has 5 nitrogen and oxygen atoms in total. The van der Waals surface area contributed by atoms with Gasteiger partial charge in [0.15, 0.2) is 0 Å². The van der Waals surface area contributed by atoms with Crippen LogP contribution in [0.3, 0.4) is 0 Å². The van der Waals surface area contributed by atoms with Crippen LogP contribution in [0.15, 0.2) is 30.6 Å². The fourth-order valence-electron chi connectivity index (χ4n) is 1.32. The summed E-state index contributed by atoms with van der Waals surface area (Å²) in [5.41, 5.74) is 0.869. The molecular weight excluding hydrogens is 252 g/mol. The Labute approximate surface area is 110 Å². The summed E-state index contributed by atoms with van der Waals surface area (Å²) < 4.78 is 5.48. The first kappa shape index (κ1) is 12.7. The Morgan fingerprint density at radius 3 is 2.83 bits per heavy atom. The van der Waals surface area contributed by atoms with E-state index in [1.807, 2.05) is 13.0 Å². The molecule has 0 atom stereocenters. The van der Waals surface area contributed by atoms with Crippen molar-refractivity contribution in [2.24, 2.45) is 0 Å². The number of ether oxygens (including phenoxy) is 1. The molecule has 0 amide bonds. The highest BCUT2D eigenvalue weighted by molar-refractivity contribution is 6.30. The molecule has 0 aliphatic carbocycles. The molecule has 0 fully saturated rings. The number of hydrogen-bond donors (Lipinski definition) is 1. The average molecular weight is 265 g/mol. The largest absolute Gasteiger partial charge is 0.436 e. The third kappa shape index (κ3) is 3.65. The topological polar surface area (TPSA) is 59.9 Å². The fraction of sp³-hybridized carbons (Fsp3) is 0.250. The molecule has 0 bridgehead atoms. The Hall–Kier alpha value is -1.72. The second-order valence-corrected chi connectivity index (χ2v) is 4.02. The van der Waals surface area contributed by atoms with Crippen molar-refractivity contribution in [3.05, 3.63) is 41.3 Å². The van der Waals surface area contributed by atoms with Gasteiger partial charge in [0.25, 0.3) is 0 Å². The summed E-state index contributed by atoms with van der Waals surface area (Å²) in [5, 5.41) is 11.7. The van der Waals surface area contributed by atoms with E-state index in [1.165, 1.54) is 0 Å². The van der Waals surface area contributed by atoms with Crippen molar-refractivity contribution in [2.75, 3.05) is 6.54 Å². The van der Waals surface area contributed by atoms with Gasteiger partial charge in [0.1, 0.15) is 5.75 Å². The molecule has 2 aromatic heterocycles. The number of pyridine rings is 1. The molecule has 1 N–H and O–H groups in total. The fourth-order valence-corrected chi connectivity index (χ4v) is 1.48. The summed E-state index contributed by atoms with van der Waals surface area (Å²) in [4.78, 5) is 3.92. The molecule has 0 unspecified atom stereocenters. The van der Waals surface area contributed by atoms with Crippen LogP contribution in [0.5, 0.6) is 11.6 Å². The summed E-state index contributed by atoms with van der Waals surface area (Å²) >= 11 is 5.81. The summed E-state index contributed by atoms with van der Waals surface area (Å²) in [6.45, 7) is 3.63. The lowest BCUT2D eigenvalue weighted by Crippen LogP contribution is -2.13. The molecule has 0 saturated heterocycles. The van der Waals surface area contributed by atoms with Crippen LogP contribution in [0.2, 0.25) is 5.02 Å². The normalized spacial score (nSPS) is 10.3. The minimum Gasteiger partial charge on any atom is -0.436 e. The van der Waals surface area contributed by atoms with Gasteiger partial charge in [0, 0.05) is 24.9 Å². The molecule has 2 heterocycles. The van der Waals surface area contributed by atoms with E-state index in [0.29, 0.717) is 23.2 Å². The maximum absolute atomic E-state index is 5.81. The maximum atomic E-state index is 5.81. The van der Waals surface area contributed by atoms with Crippen LogP contribution in [0.1, 0.15) is 12.6 Å². The second-order valence-electron chi connectivity index (χ2n) is 3.58. The van der Waals surface area contributed by atoms with E-state index < -0.39 is 0 Å². The number of halogens is 1. The molecule has 0 radical (unpaired) electrons. The van der Waals surface area contributed by atoms with Crippen LogP contribution in [-0.2, 0) is 6.54 Å². The number of aromatic nitrogens is 3. The Morgan fingerprint density at radius 1 is 1.28 bits per heavy atom. The van der Waals surface area contributed by atoms with Crippen LogP contribution in [0.4, 0.5) is 0 Å². The van der Waals surface area contributed by atoms with Gasteiger partial charge in [-0.1, -0.05) is 18.5 Å². The van der Waals surface area contributed by atoms with E-state index in [9.17, 15) is 0 Å². The summed E-state index contributed by atoms with van der Waals surface area (Å²) in [7, 11) is 0. The monoisotopic (exact) mass is 264 g/mol. The van der Waals surface area contributed by atoms with Crippen LogP contribution < -0.4 is 10.1 Å². The standard InChI is InChI=1S/C12H13ClN4O/c1-2-14-7-10-3-4-12(17-16-10)18-11-5-9(13)6-15-8-11/h3-6,8,14H,2,7H2,1H3. The van der Waals surface area contributed by atoms with Crippen molar-refractivity contribution in [3.8, 4) is 11.6 Å². The van der Waals surface area contributed by atoms with Crippen molar-refractivity contribution in [2.45, 2.75) is 13.5 Å². The highest BCUT2D eigenvalue weighted by atomic mass is 35.5. The first-order chi connectivity index (χ1) is 8.78. The molecule has 0 aromatic carbocycles. The minimum atomic E-state index is 0.416. The van der Waals surface area contributed by atoms with Gasteiger partial charge in [0.05, 0.1) is 16.9 Å². The molecule has 0 spiro atoms. The van der Waals surface area contributed by atoms with E-state index in [0.717, 1.165) is 12.2 Å². The van der Waals surface area contributed by atoms with Crippen molar-refractivity contribution >= 4 is 11.6 Å². The van der Waals surface area contributed by atoms with E-state index in [2.05, 4.69) is 20.5 Å². The lowest BCUT2D eigenvalue weighted by Gasteiger charge is -2.04. The first-order valence-corrected chi connectivity index (χ1v) is 5.97. The zero-order valence-electron chi connectivity index (χ0n) is 9.93. The van der Waals surface area contributed by atoms with Crippen LogP contribution in [0.25, 0.3) is 0 Å². The zero-order valence-corrected chi connectivity index (χ0v) is 10.7. The predicted octanol–water partition coefficient (Wildman–Crippen LogP) is 2.43. The van der Waals surface area contributed by atoms with Gasteiger partial charge in [-0.15, -0.1) is 5.10 Å². The predicted molar refractivity (Wildman–Crippen MR) is 68.7 cm³/mol. The van der Waals surface area contributed by atoms with Crippen molar-refractivity contribution in [3.63, 3.8) is 0 Å². The Morgan fingerprint density at radius 2 is 2.17 bits per heavy atom. The summed E-state index contributed by atoms with van der Waals surface area (Å²) in [6, 6.07) is 5.30. The smallest absolute Gasteiger partial charge is 0.238 e. The number of nitrogens with zero attached hydrogens (tertiary/aromatic N) is 3. The molecule has 6 heteroatoms. The van der Waals surface area contributed by atoms with Crippen molar-refractivity contribution in [1.29, 1.82) is 0 Å². The third-order valence-corrected chi connectivity index (χ3v) is 2.36. The lowest BCUT2D eigenvalue weighted by molar-refractivity contribution is 0.451. The maximum Gasteiger partial charge on any atom is 0.238 e.